The van der Waals surface area contributed by atoms with Gasteiger partial charge in [0.15, 0.2) is 11.5 Å². The Morgan fingerprint density at radius 2 is 1.30 bits per heavy atom. The lowest BCUT2D eigenvalue weighted by Crippen LogP contribution is -2.41. The van der Waals surface area contributed by atoms with Gasteiger partial charge < -0.3 is 20.1 Å². The van der Waals surface area contributed by atoms with E-state index in [1.165, 1.54) is 14.0 Å². The molecule has 7 nitrogen and oxygen atoms in total. The van der Waals surface area contributed by atoms with Crippen LogP contribution < -0.4 is 20.1 Å². The smallest absolute Gasteiger partial charge is 0.308 e. The molecular formula is C26H26N2O5. The molecule has 2 N–H and O–H groups in total. The number of benzene rings is 3. The van der Waals surface area contributed by atoms with Crippen LogP contribution in [0.5, 0.6) is 11.5 Å². The van der Waals surface area contributed by atoms with Crippen LogP contribution in [0.4, 0.5) is 0 Å². The first kappa shape index (κ1) is 23.5. The minimum absolute atomic E-state index is 0.238. The molecule has 2 amide bonds. The van der Waals surface area contributed by atoms with Crippen LogP contribution in [0.2, 0.25) is 0 Å². The van der Waals surface area contributed by atoms with E-state index in [1.54, 1.807) is 54.6 Å². The maximum atomic E-state index is 13.0. The molecular weight excluding hydrogens is 420 g/mol. The zero-order valence-electron chi connectivity index (χ0n) is 19.0. The van der Waals surface area contributed by atoms with Crippen LogP contribution in [0.1, 0.15) is 50.5 Å². The number of carbonyl (C=O) groups excluding carboxylic acids is 3. The number of hydrogen-bond acceptors (Lipinski definition) is 5. The van der Waals surface area contributed by atoms with Gasteiger partial charge >= 0.3 is 5.97 Å². The van der Waals surface area contributed by atoms with Crippen LogP contribution >= 0.6 is 0 Å². The molecule has 0 atom stereocenters. The van der Waals surface area contributed by atoms with Crippen LogP contribution in [0.25, 0.3) is 0 Å². The van der Waals surface area contributed by atoms with Crippen molar-refractivity contribution in [2.45, 2.75) is 26.9 Å². The van der Waals surface area contributed by atoms with E-state index < -0.39 is 12.1 Å². The highest BCUT2D eigenvalue weighted by Gasteiger charge is 2.21. The molecule has 3 rings (SSSR count). The minimum Gasteiger partial charge on any atom is -0.493 e. The standard InChI is InChI=1S/C26H26N2O5/c1-16-7-5-9-20(13-16)25(30)27-24(28-26(31)21-10-6-8-17(2)14-21)19-11-12-22(33-18(3)29)23(15-19)32-4/h5-15,24H,1-4H3,(H,27,30)(H,28,31). The van der Waals surface area contributed by atoms with Gasteiger partial charge in [0.25, 0.3) is 11.8 Å². The first-order valence-corrected chi connectivity index (χ1v) is 10.4. The van der Waals surface area contributed by atoms with Crippen LogP contribution in [0.3, 0.4) is 0 Å². The van der Waals surface area contributed by atoms with Crippen molar-refractivity contribution in [3.63, 3.8) is 0 Å². The van der Waals surface area contributed by atoms with Crippen LogP contribution in [-0.4, -0.2) is 24.9 Å². The number of amides is 2. The number of ether oxygens (including phenoxy) is 2. The molecule has 0 spiro atoms. The van der Waals surface area contributed by atoms with E-state index in [2.05, 4.69) is 10.6 Å². The number of esters is 1. The molecule has 0 aliphatic heterocycles. The molecule has 7 heteroatoms. The van der Waals surface area contributed by atoms with Gasteiger partial charge in [0.05, 0.1) is 7.11 Å². The van der Waals surface area contributed by atoms with Crippen molar-refractivity contribution in [1.82, 2.24) is 10.6 Å². The van der Waals surface area contributed by atoms with Crippen molar-refractivity contribution < 1.29 is 23.9 Å². The van der Waals surface area contributed by atoms with Crippen LogP contribution in [0.15, 0.2) is 66.7 Å². The van der Waals surface area contributed by atoms with Gasteiger partial charge in [0.2, 0.25) is 0 Å². The summed E-state index contributed by atoms with van der Waals surface area (Å²) < 4.78 is 10.5. The molecule has 0 saturated heterocycles. The van der Waals surface area contributed by atoms with E-state index in [1.807, 2.05) is 26.0 Å². The van der Waals surface area contributed by atoms with Crippen LogP contribution in [-0.2, 0) is 4.79 Å². The monoisotopic (exact) mass is 446 g/mol. The summed E-state index contributed by atoms with van der Waals surface area (Å²) in [7, 11) is 1.44. The molecule has 3 aromatic carbocycles. The van der Waals surface area contributed by atoms with Crippen molar-refractivity contribution in [1.29, 1.82) is 0 Å². The Balaban J connectivity index is 1.94. The number of rotatable bonds is 7. The predicted molar refractivity (Wildman–Crippen MR) is 124 cm³/mol. The molecule has 0 radical (unpaired) electrons. The van der Waals surface area contributed by atoms with Crippen molar-refractivity contribution in [2.24, 2.45) is 0 Å². The summed E-state index contributed by atoms with van der Waals surface area (Å²) in [6.07, 6.45) is -0.869. The summed E-state index contributed by atoms with van der Waals surface area (Å²) in [5.74, 6) is -0.657. The fraction of sp³-hybridized carbons (Fsp3) is 0.192. The maximum Gasteiger partial charge on any atom is 0.308 e. The van der Waals surface area contributed by atoms with Gasteiger partial charge in [-0.15, -0.1) is 0 Å². The molecule has 0 saturated carbocycles. The molecule has 170 valence electrons. The maximum absolute atomic E-state index is 13.0. The average Bonchev–Trinajstić information content (AvgIpc) is 2.78. The molecule has 33 heavy (non-hydrogen) atoms. The van der Waals surface area contributed by atoms with E-state index in [-0.39, 0.29) is 17.6 Å². The Bertz CT molecular complexity index is 1130. The number of methoxy groups -OCH3 is 1. The average molecular weight is 447 g/mol. The number of aryl methyl sites for hydroxylation is 2. The minimum atomic E-state index is -0.869. The molecule has 0 fully saturated rings. The Morgan fingerprint density at radius 3 is 1.76 bits per heavy atom. The zero-order chi connectivity index (χ0) is 24.0. The Kier molecular flexibility index (Phi) is 7.46. The fourth-order valence-corrected chi connectivity index (χ4v) is 3.31. The Hall–Kier alpha value is -4.13. The summed E-state index contributed by atoms with van der Waals surface area (Å²) in [5, 5.41) is 5.74. The summed E-state index contributed by atoms with van der Waals surface area (Å²) in [6.45, 7) is 5.08. The lowest BCUT2D eigenvalue weighted by atomic mass is 10.1. The van der Waals surface area contributed by atoms with E-state index in [0.717, 1.165) is 11.1 Å². The van der Waals surface area contributed by atoms with E-state index in [0.29, 0.717) is 22.4 Å². The lowest BCUT2D eigenvalue weighted by molar-refractivity contribution is -0.132. The molecule has 0 unspecified atom stereocenters. The van der Waals surface area contributed by atoms with Crippen molar-refractivity contribution >= 4 is 17.8 Å². The molecule has 3 aromatic rings. The second-order valence-corrected chi connectivity index (χ2v) is 7.62. The first-order valence-electron chi connectivity index (χ1n) is 10.4. The van der Waals surface area contributed by atoms with Gasteiger partial charge in [-0.2, -0.15) is 0 Å². The first-order chi connectivity index (χ1) is 15.8. The molecule has 0 aliphatic rings. The second-order valence-electron chi connectivity index (χ2n) is 7.62. The highest BCUT2D eigenvalue weighted by Crippen LogP contribution is 2.30. The highest BCUT2D eigenvalue weighted by molar-refractivity contribution is 5.97. The highest BCUT2D eigenvalue weighted by atomic mass is 16.6. The summed E-state index contributed by atoms with van der Waals surface area (Å²) in [5.41, 5.74) is 3.36. The second kappa shape index (κ2) is 10.5. The van der Waals surface area contributed by atoms with E-state index in [4.69, 9.17) is 9.47 Å². The molecule has 0 aliphatic carbocycles. The lowest BCUT2D eigenvalue weighted by Gasteiger charge is -2.22. The SMILES string of the molecule is COc1cc(C(NC(=O)c2cccc(C)c2)NC(=O)c2cccc(C)c2)ccc1OC(C)=O. The Morgan fingerprint density at radius 1 is 0.758 bits per heavy atom. The van der Waals surface area contributed by atoms with Gasteiger partial charge in [0.1, 0.15) is 6.17 Å². The fourth-order valence-electron chi connectivity index (χ4n) is 3.31. The van der Waals surface area contributed by atoms with Gasteiger partial charge in [-0.25, -0.2) is 0 Å². The van der Waals surface area contributed by atoms with E-state index in [9.17, 15) is 14.4 Å². The third kappa shape index (κ3) is 6.20. The van der Waals surface area contributed by atoms with Crippen molar-refractivity contribution in [2.75, 3.05) is 7.11 Å². The summed E-state index contributed by atoms with van der Waals surface area (Å²) >= 11 is 0. The summed E-state index contributed by atoms with van der Waals surface area (Å²) in [6, 6.07) is 19.1. The predicted octanol–water partition coefficient (Wildman–Crippen LogP) is 4.10. The van der Waals surface area contributed by atoms with Gasteiger partial charge in [-0.3, -0.25) is 14.4 Å². The Labute approximate surface area is 192 Å². The van der Waals surface area contributed by atoms with Crippen LogP contribution in [0, 0.1) is 13.8 Å². The quantitative estimate of drug-likeness (QED) is 0.324. The molecule has 0 aromatic heterocycles. The number of carbonyl (C=O) groups is 3. The zero-order valence-corrected chi connectivity index (χ0v) is 19.0. The largest absolute Gasteiger partial charge is 0.493 e. The van der Waals surface area contributed by atoms with Gasteiger partial charge in [-0.05, 0) is 55.8 Å². The van der Waals surface area contributed by atoms with E-state index >= 15 is 0 Å². The van der Waals surface area contributed by atoms with Gasteiger partial charge in [0, 0.05) is 18.1 Å². The third-order valence-electron chi connectivity index (χ3n) is 4.89. The normalized spacial score (nSPS) is 10.5. The summed E-state index contributed by atoms with van der Waals surface area (Å²) in [4.78, 5) is 37.3. The van der Waals surface area contributed by atoms with Crippen molar-refractivity contribution in [3.05, 3.63) is 94.5 Å². The molecule has 0 bridgehead atoms. The topological polar surface area (TPSA) is 93.7 Å². The third-order valence-corrected chi connectivity index (χ3v) is 4.89. The number of nitrogens with one attached hydrogen (secondary N) is 2. The number of hydrogen-bond donors (Lipinski definition) is 2. The molecule has 0 heterocycles. The van der Waals surface area contributed by atoms with Crippen molar-refractivity contribution in [3.8, 4) is 11.5 Å². The van der Waals surface area contributed by atoms with Gasteiger partial charge in [-0.1, -0.05) is 41.5 Å².